The molecule has 2 heterocycles. The molecule has 0 aliphatic heterocycles. The van der Waals surface area contributed by atoms with Gasteiger partial charge in [-0.3, -0.25) is 14.3 Å². The molecular weight excluding hydrogens is 426 g/mol. The Morgan fingerprint density at radius 3 is 2.31 bits per heavy atom. The van der Waals surface area contributed by atoms with Gasteiger partial charge in [0.05, 0.1) is 11.7 Å². The molecule has 2 aromatic heterocycles. The van der Waals surface area contributed by atoms with Crippen molar-refractivity contribution in [2.75, 3.05) is 11.1 Å². The maximum absolute atomic E-state index is 12.4. The van der Waals surface area contributed by atoms with Gasteiger partial charge in [0.25, 0.3) is 0 Å². The minimum absolute atomic E-state index is 0.0483. The lowest BCUT2D eigenvalue weighted by atomic mass is 10.2. The van der Waals surface area contributed by atoms with Gasteiger partial charge in [-0.15, -0.1) is 10.2 Å². The Kier molecular flexibility index (Phi) is 6.27. The second-order valence-corrected chi connectivity index (χ2v) is 7.86. The van der Waals surface area contributed by atoms with E-state index in [1.165, 1.54) is 36.0 Å². The average Bonchev–Trinajstić information content (AvgIpc) is 3.23. The summed E-state index contributed by atoms with van der Waals surface area (Å²) in [5.41, 5.74) is 3.42. The topological polar surface area (TPSA) is 113 Å². The number of hydrogen-bond donors (Lipinski definition) is 1. The number of hydrogen-bond acceptors (Lipinski definition) is 7. The van der Waals surface area contributed by atoms with Gasteiger partial charge in [-0.2, -0.15) is 0 Å². The summed E-state index contributed by atoms with van der Waals surface area (Å²) in [6.07, 6.45) is 3.38. The molecule has 9 heteroatoms. The lowest BCUT2D eigenvalue weighted by molar-refractivity contribution is -0.255. The lowest BCUT2D eigenvalue weighted by Crippen LogP contribution is -2.22. The molecule has 0 atom stereocenters. The number of carboxylic acid groups (broad SMARTS) is 1. The highest BCUT2D eigenvalue weighted by molar-refractivity contribution is 7.99. The fourth-order valence-corrected chi connectivity index (χ4v) is 3.75. The van der Waals surface area contributed by atoms with Gasteiger partial charge in [0.2, 0.25) is 5.91 Å². The van der Waals surface area contributed by atoms with E-state index in [9.17, 15) is 14.7 Å². The third-order valence-electron chi connectivity index (χ3n) is 4.60. The highest BCUT2D eigenvalue weighted by Gasteiger charge is 2.17. The molecule has 0 aliphatic carbocycles. The maximum Gasteiger partial charge on any atom is 0.234 e. The molecule has 0 radical (unpaired) electrons. The average molecular weight is 444 g/mol. The first kappa shape index (κ1) is 21.3. The number of rotatable bonds is 7. The summed E-state index contributed by atoms with van der Waals surface area (Å²) in [4.78, 5) is 27.3. The Morgan fingerprint density at radius 1 is 0.969 bits per heavy atom. The number of carbonyl (C=O) groups excluding carboxylic acids is 2. The third kappa shape index (κ3) is 4.84. The fraction of sp³-hybridized carbons (Fsp3) is 0.0870. The highest BCUT2D eigenvalue weighted by atomic mass is 32.2. The monoisotopic (exact) mass is 444 g/mol. The minimum atomic E-state index is -1.26. The number of nitrogens with zero attached hydrogens (tertiary/aromatic N) is 4. The van der Waals surface area contributed by atoms with Crippen molar-refractivity contribution in [3.05, 3.63) is 84.2 Å². The van der Waals surface area contributed by atoms with Crippen molar-refractivity contribution in [3.8, 4) is 17.1 Å². The van der Waals surface area contributed by atoms with Gasteiger partial charge in [0.1, 0.15) is 0 Å². The molecule has 160 valence electrons. The van der Waals surface area contributed by atoms with E-state index in [1.807, 2.05) is 47.9 Å². The van der Waals surface area contributed by atoms with Crippen molar-refractivity contribution in [1.82, 2.24) is 19.7 Å². The van der Waals surface area contributed by atoms with Gasteiger partial charge >= 0.3 is 0 Å². The number of aryl methyl sites for hydroxylation is 1. The Hall–Kier alpha value is -3.98. The van der Waals surface area contributed by atoms with Gasteiger partial charge in [0.15, 0.2) is 11.0 Å². The first-order valence-corrected chi connectivity index (χ1v) is 10.7. The number of benzene rings is 2. The molecule has 0 aliphatic rings. The van der Waals surface area contributed by atoms with Gasteiger partial charge < -0.3 is 15.2 Å². The summed E-state index contributed by atoms with van der Waals surface area (Å²) in [6.45, 7) is 2.01. The molecule has 8 nitrogen and oxygen atoms in total. The predicted octanol–water partition coefficient (Wildman–Crippen LogP) is 2.73. The number of nitrogens with one attached hydrogen (secondary N) is 1. The summed E-state index contributed by atoms with van der Waals surface area (Å²) in [6, 6.07) is 17.5. The van der Waals surface area contributed by atoms with Crippen LogP contribution in [0.25, 0.3) is 17.1 Å². The minimum Gasteiger partial charge on any atom is -0.545 e. The first-order valence-electron chi connectivity index (χ1n) is 9.68. The molecular formula is C23H18N5O3S-. The number of thioether (sulfide) groups is 1. The van der Waals surface area contributed by atoms with Gasteiger partial charge in [-0.05, 0) is 48.9 Å². The van der Waals surface area contributed by atoms with E-state index < -0.39 is 5.97 Å². The van der Waals surface area contributed by atoms with Crippen molar-refractivity contribution < 1.29 is 14.7 Å². The zero-order chi connectivity index (χ0) is 22.5. The van der Waals surface area contributed by atoms with Crippen molar-refractivity contribution >= 4 is 29.3 Å². The lowest BCUT2D eigenvalue weighted by Gasteiger charge is -2.11. The van der Waals surface area contributed by atoms with Crippen molar-refractivity contribution in [3.63, 3.8) is 0 Å². The predicted molar refractivity (Wildman–Crippen MR) is 119 cm³/mol. The molecule has 0 bridgehead atoms. The number of pyridine rings is 1. The summed E-state index contributed by atoms with van der Waals surface area (Å²) in [5, 5.41) is 22.8. The Morgan fingerprint density at radius 2 is 1.66 bits per heavy atom. The van der Waals surface area contributed by atoms with E-state index in [0.29, 0.717) is 16.7 Å². The number of carbonyl (C=O) groups is 2. The molecule has 0 saturated heterocycles. The normalized spacial score (nSPS) is 10.7. The summed E-state index contributed by atoms with van der Waals surface area (Å²) in [7, 11) is 0. The highest BCUT2D eigenvalue weighted by Crippen LogP contribution is 2.28. The van der Waals surface area contributed by atoms with Crippen LogP contribution in [0.15, 0.2) is 78.2 Å². The maximum atomic E-state index is 12.4. The van der Waals surface area contributed by atoms with Crippen LogP contribution in [0.2, 0.25) is 0 Å². The summed E-state index contributed by atoms with van der Waals surface area (Å²) >= 11 is 1.25. The molecule has 4 aromatic rings. The van der Waals surface area contributed by atoms with E-state index in [-0.39, 0.29) is 17.2 Å². The Bertz CT molecular complexity index is 1240. The number of carboxylic acids is 1. The quantitative estimate of drug-likeness (QED) is 0.436. The van der Waals surface area contributed by atoms with E-state index in [0.717, 1.165) is 16.8 Å². The van der Waals surface area contributed by atoms with Crippen LogP contribution < -0.4 is 10.4 Å². The molecule has 0 spiro atoms. The van der Waals surface area contributed by atoms with Crippen LogP contribution in [-0.4, -0.2) is 37.4 Å². The summed E-state index contributed by atoms with van der Waals surface area (Å²) < 4.78 is 1.90. The molecule has 0 fully saturated rings. The Balaban J connectivity index is 1.54. The zero-order valence-electron chi connectivity index (χ0n) is 17.1. The van der Waals surface area contributed by atoms with E-state index >= 15 is 0 Å². The Labute approximate surface area is 188 Å². The van der Waals surface area contributed by atoms with Crippen LogP contribution in [0, 0.1) is 6.92 Å². The van der Waals surface area contributed by atoms with Crippen LogP contribution in [0.3, 0.4) is 0 Å². The van der Waals surface area contributed by atoms with Gasteiger partial charge in [-0.1, -0.05) is 41.6 Å². The largest absolute Gasteiger partial charge is 0.545 e. The van der Waals surface area contributed by atoms with E-state index in [4.69, 9.17) is 0 Å². The van der Waals surface area contributed by atoms with Crippen LogP contribution >= 0.6 is 11.8 Å². The molecule has 32 heavy (non-hydrogen) atoms. The molecule has 0 unspecified atom stereocenters. The SMILES string of the molecule is Cc1ccc(-n2c(SCC(=O)Nc3ccc(C(=O)[O-])cc3)nnc2-c2ccncc2)cc1. The summed E-state index contributed by atoms with van der Waals surface area (Å²) in [5.74, 6) is -0.765. The van der Waals surface area contributed by atoms with E-state index in [1.54, 1.807) is 12.4 Å². The molecule has 1 amide bonds. The van der Waals surface area contributed by atoms with Crippen LogP contribution in [-0.2, 0) is 4.79 Å². The molecule has 1 N–H and O–H groups in total. The number of aromatic carboxylic acids is 1. The second kappa shape index (κ2) is 9.44. The zero-order valence-corrected chi connectivity index (χ0v) is 17.9. The molecule has 0 saturated carbocycles. The van der Waals surface area contributed by atoms with Crippen LogP contribution in [0.4, 0.5) is 5.69 Å². The second-order valence-electron chi connectivity index (χ2n) is 6.91. The number of amides is 1. The molecule has 4 rings (SSSR count). The third-order valence-corrected chi connectivity index (χ3v) is 5.53. The molecule has 2 aromatic carbocycles. The smallest absolute Gasteiger partial charge is 0.234 e. The van der Waals surface area contributed by atoms with Crippen LogP contribution in [0.1, 0.15) is 15.9 Å². The number of anilines is 1. The standard InChI is InChI=1S/C23H19N5O3S/c1-15-2-8-19(9-3-15)28-21(16-10-12-24-13-11-16)26-27-23(28)32-14-20(29)25-18-6-4-17(5-7-18)22(30)31/h2-13H,14H2,1H3,(H,25,29)(H,30,31)/p-1. The van der Waals surface area contributed by atoms with E-state index in [2.05, 4.69) is 20.5 Å². The van der Waals surface area contributed by atoms with Crippen molar-refractivity contribution in [1.29, 1.82) is 0 Å². The van der Waals surface area contributed by atoms with Crippen molar-refractivity contribution in [2.45, 2.75) is 12.1 Å². The van der Waals surface area contributed by atoms with Crippen LogP contribution in [0.5, 0.6) is 0 Å². The first-order chi connectivity index (χ1) is 15.5. The van der Waals surface area contributed by atoms with Gasteiger partial charge in [0, 0.05) is 29.3 Å². The van der Waals surface area contributed by atoms with Crippen molar-refractivity contribution in [2.24, 2.45) is 0 Å². The fourth-order valence-electron chi connectivity index (χ4n) is 2.99. The van der Waals surface area contributed by atoms with Gasteiger partial charge in [-0.25, -0.2) is 0 Å². The number of aromatic nitrogens is 4.